The van der Waals surface area contributed by atoms with Crippen molar-refractivity contribution in [2.24, 2.45) is 5.92 Å². The van der Waals surface area contributed by atoms with Crippen LogP contribution in [0, 0.1) is 12.8 Å². The Bertz CT molecular complexity index is 1650. The normalized spacial score (nSPS) is 18.9. The average molecular weight is 665 g/mol. The quantitative estimate of drug-likeness (QED) is 0.139. The molecule has 0 bridgehead atoms. The molecular weight excluding hydrogens is 623 g/mol. The number of ether oxygens (including phenoxy) is 1. The van der Waals surface area contributed by atoms with Crippen molar-refractivity contribution in [2.75, 3.05) is 33.3 Å². The van der Waals surface area contributed by atoms with E-state index in [0.717, 1.165) is 23.1 Å². The first-order valence-corrected chi connectivity index (χ1v) is 18.1. The third-order valence-corrected chi connectivity index (χ3v) is 11.1. The van der Waals surface area contributed by atoms with Crippen LogP contribution in [0.1, 0.15) is 48.8 Å². The molecule has 11 heteroatoms. The number of aromatic amines is 1. The van der Waals surface area contributed by atoms with E-state index in [1.807, 2.05) is 54.6 Å². The SMILES string of the molecule is Cc1cn([C@H]2CN(C(c3ccccc3)(c3ccccc3)c3ccccc3)C[C@@H](COP(=O)(Cl)N(C)CCC(C)C)O2)c(=O)[nH]c1=O. The number of aromatic nitrogens is 2. The van der Waals surface area contributed by atoms with Gasteiger partial charge < -0.3 is 9.26 Å². The summed E-state index contributed by atoms with van der Waals surface area (Å²) in [7, 11) is 1.70. The second kappa shape index (κ2) is 14.6. The van der Waals surface area contributed by atoms with Crippen LogP contribution in [0.2, 0.25) is 0 Å². The molecule has 0 spiro atoms. The molecule has 1 aliphatic rings. The summed E-state index contributed by atoms with van der Waals surface area (Å²) in [4.78, 5) is 30.2. The molecule has 9 nitrogen and oxygen atoms in total. The molecule has 0 aliphatic carbocycles. The van der Waals surface area contributed by atoms with Gasteiger partial charge in [-0.15, -0.1) is 0 Å². The lowest BCUT2D eigenvalue weighted by atomic mass is 9.75. The van der Waals surface area contributed by atoms with Crippen LogP contribution in [-0.4, -0.2) is 58.5 Å². The number of halogens is 1. The van der Waals surface area contributed by atoms with Crippen LogP contribution in [-0.2, 0) is 19.4 Å². The Hall–Kier alpha value is -3.30. The lowest BCUT2D eigenvalue weighted by molar-refractivity contribution is -0.148. The van der Waals surface area contributed by atoms with Crippen molar-refractivity contribution in [2.45, 2.75) is 45.1 Å². The first-order valence-electron chi connectivity index (χ1n) is 15.6. The number of morpholine rings is 1. The highest BCUT2D eigenvalue weighted by Crippen LogP contribution is 2.55. The summed E-state index contributed by atoms with van der Waals surface area (Å²) in [5.74, 6) is 0.413. The second-order valence-corrected chi connectivity index (χ2v) is 15.3. The van der Waals surface area contributed by atoms with E-state index in [2.05, 4.69) is 60.1 Å². The maximum atomic E-state index is 13.5. The third kappa shape index (κ3) is 7.31. The van der Waals surface area contributed by atoms with Crippen molar-refractivity contribution in [3.8, 4) is 0 Å². The molecule has 5 rings (SSSR count). The zero-order valence-corrected chi connectivity index (χ0v) is 28.4. The van der Waals surface area contributed by atoms with Gasteiger partial charge >= 0.3 is 12.6 Å². The fourth-order valence-corrected chi connectivity index (χ4v) is 7.36. The predicted molar refractivity (Wildman–Crippen MR) is 182 cm³/mol. The van der Waals surface area contributed by atoms with Gasteiger partial charge in [0, 0.05) is 31.4 Å². The summed E-state index contributed by atoms with van der Waals surface area (Å²) in [6.07, 6.45) is 0.886. The number of H-pyrrole nitrogens is 1. The fraction of sp³-hybridized carbons (Fsp3) is 0.371. The second-order valence-electron chi connectivity index (χ2n) is 12.2. The molecule has 1 N–H and O–H groups in total. The molecule has 2 heterocycles. The maximum absolute atomic E-state index is 13.5. The van der Waals surface area contributed by atoms with E-state index in [4.69, 9.17) is 20.5 Å². The third-order valence-electron chi connectivity index (χ3n) is 8.51. The monoisotopic (exact) mass is 664 g/mol. The van der Waals surface area contributed by atoms with Gasteiger partial charge in [0.2, 0.25) is 0 Å². The van der Waals surface area contributed by atoms with Crippen molar-refractivity contribution < 1.29 is 13.8 Å². The Morgan fingerprint density at radius 3 is 1.98 bits per heavy atom. The van der Waals surface area contributed by atoms with Gasteiger partial charge in [-0.05, 0) is 54.2 Å². The first-order chi connectivity index (χ1) is 22.0. The van der Waals surface area contributed by atoms with Gasteiger partial charge in [0.15, 0.2) is 6.23 Å². The summed E-state index contributed by atoms with van der Waals surface area (Å²) in [5, 5.41) is 0. The molecule has 1 aliphatic heterocycles. The predicted octanol–water partition coefficient (Wildman–Crippen LogP) is 6.38. The molecule has 4 aromatic rings. The zero-order chi connectivity index (χ0) is 32.9. The van der Waals surface area contributed by atoms with Crippen LogP contribution in [0.3, 0.4) is 0 Å². The van der Waals surface area contributed by atoms with Crippen molar-refractivity contribution in [1.82, 2.24) is 19.1 Å². The van der Waals surface area contributed by atoms with Gasteiger partial charge in [0.25, 0.3) is 5.56 Å². The van der Waals surface area contributed by atoms with Crippen molar-refractivity contribution in [3.63, 3.8) is 0 Å². The highest BCUT2D eigenvalue weighted by atomic mass is 35.7. The largest absolute Gasteiger partial charge is 0.362 e. The molecule has 3 atom stereocenters. The van der Waals surface area contributed by atoms with Gasteiger partial charge in [0.1, 0.15) is 0 Å². The molecule has 3 aromatic carbocycles. The maximum Gasteiger partial charge on any atom is 0.362 e. The Morgan fingerprint density at radius 2 is 1.48 bits per heavy atom. The number of rotatable bonds is 12. The van der Waals surface area contributed by atoms with E-state index in [1.54, 1.807) is 18.6 Å². The fourth-order valence-electron chi connectivity index (χ4n) is 6.06. The van der Waals surface area contributed by atoms with Crippen molar-refractivity contribution in [1.29, 1.82) is 0 Å². The highest BCUT2D eigenvalue weighted by molar-refractivity contribution is 7.83. The van der Waals surface area contributed by atoms with E-state index in [-0.39, 0.29) is 13.2 Å². The zero-order valence-electron chi connectivity index (χ0n) is 26.7. The van der Waals surface area contributed by atoms with E-state index in [9.17, 15) is 14.2 Å². The average Bonchev–Trinajstić information content (AvgIpc) is 3.06. The standard InChI is InChI=1S/C35H42ClN4O5P/c1-26(2)20-21-38(4)46(36,43)44-25-31-23-39(24-32(45-31)40-22-27(3)33(41)37-34(40)42)35(28-14-8-5-9-15-28,29-16-10-6-11-17-29)30-18-12-7-13-19-30/h5-19,22,26,31-32H,20-21,23-25H2,1-4H3,(H,37,41,42)/t31-,32+,46?/m0/s1. The molecule has 1 saturated heterocycles. The van der Waals surface area contributed by atoms with Crippen molar-refractivity contribution in [3.05, 3.63) is 140 Å². The molecule has 46 heavy (non-hydrogen) atoms. The Labute approximate surface area is 275 Å². The minimum absolute atomic E-state index is 0.0780. The Morgan fingerprint density at radius 1 is 0.957 bits per heavy atom. The van der Waals surface area contributed by atoms with Gasteiger partial charge in [0.05, 0.1) is 18.2 Å². The van der Waals surface area contributed by atoms with Gasteiger partial charge in [-0.1, -0.05) is 105 Å². The first kappa shape index (κ1) is 34.0. The molecule has 244 valence electrons. The van der Waals surface area contributed by atoms with Gasteiger partial charge in [-0.25, -0.2) is 9.46 Å². The smallest absolute Gasteiger partial charge is 0.350 e. The molecule has 1 unspecified atom stereocenters. The van der Waals surface area contributed by atoms with E-state index in [0.29, 0.717) is 24.6 Å². The summed E-state index contributed by atoms with van der Waals surface area (Å²) >= 11 is 6.52. The van der Waals surface area contributed by atoms with Gasteiger partial charge in [-0.3, -0.25) is 23.8 Å². The van der Waals surface area contributed by atoms with Crippen LogP contribution in [0.5, 0.6) is 0 Å². The van der Waals surface area contributed by atoms with Crippen LogP contribution < -0.4 is 11.2 Å². The van der Waals surface area contributed by atoms with Crippen LogP contribution in [0.4, 0.5) is 0 Å². The van der Waals surface area contributed by atoms with E-state index < -0.39 is 36.0 Å². The molecular formula is C35H42ClN4O5P. The topological polar surface area (TPSA) is 96.9 Å². The van der Waals surface area contributed by atoms with Crippen LogP contribution in [0.15, 0.2) is 107 Å². The van der Waals surface area contributed by atoms with Gasteiger partial charge in [-0.2, -0.15) is 0 Å². The number of aryl methyl sites for hydroxylation is 1. The highest BCUT2D eigenvalue weighted by Gasteiger charge is 2.47. The number of nitrogens with one attached hydrogen (secondary N) is 1. The summed E-state index contributed by atoms with van der Waals surface area (Å²) < 4.78 is 29.0. The minimum Gasteiger partial charge on any atom is -0.350 e. The molecule has 0 radical (unpaired) electrons. The molecule has 1 fully saturated rings. The lowest BCUT2D eigenvalue weighted by Gasteiger charge is -2.50. The number of benzene rings is 3. The summed E-state index contributed by atoms with van der Waals surface area (Å²) in [6, 6.07) is 30.6. The number of hydrogen-bond acceptors (Lipinski definition) is 6. The summed E-state index contributed by atoms with van der Waals surface area (Å²) in [5.41, 5.74) is 1.60. The minimum atomic E-state index is -3.67. The number of nitrogens with zero attached hydrogens (tertiary/aromatic N) is 3. The van der Waals surface area contributed by atoms with Crippen LogP contribution in [0.25, 0.3) is 0 Å². The molecule has 0 amide bonds. The van der Waals surface area contributed by atoms with E-state index >= 15 is 0 Å². The van der Waals surface area contributed by atoms with E-state index in [1.165, 1.54) is 10.8 Å². The molecule has 1 aromatic heterocycles. The van der Waals surface area contributed by atoms with Crippen molar-refractivity contribution >= 4 is 18.1 Å². The summed E-state index contributed by atoms with van der Waals surface area (Å²) in [6.45, 7) is 3.26. The van der Waals surface area contributed by atoms with Crippen LogP contribution >= 0.6 is 18.1 Å². The lowest BCUT2D eigenvalue weighted by Crippen LogP contribution is -2.58. The Kier molecular flexibility index (Phi) is 10.8. The molecule has 0 saturated carbocycles. The Balaban J connectivity index is 1.63. The number of hydrogen-bond donors (Lipinski definition) is 1.